The second-order valence-corrected chi connectivity index (χ2v) is 7.16. The average molecular weight is 345 g/mol. The summed E-state index contributed by atoms with van der Waals surface area (Å²) >= 11 is 0. The van der Waals surface area contributed by atoms with Gasteiger partial charge in [0.15, 0.2) is 17.9 Å². The minimum absolute atomic E-state index is 0.114. The van der Waals surface area contributed by atoms with Gasteiger partial charge >= 0.3 is 0 Å². The number of tetrazole rings is 1. The van der Waals surface area contributed by atoms with E-state index in [9.17, 15) is 4.79 Å². The van der Waals surface area contributed by atoms with Crippen LogP contribution in [0.2, 0.25) is 0 Å². The van der Waals surface area contributed by atoms with Crippen molar-refractivity contribution in [3.8, 4) is 0 Å². The van der Waals surface area contributed by atoms with E-state index in [0.717, 1.165) is 25.1 Å². The van der Waals surface area contributed by atoms with Gasteiger partial charge in [-0.25, -0.2) is 9.67 Å². The Morgan fingerprint density at radius 2 is 2.16 bits per heavy atom. The van der Waals surface area contributed by atoms with Gasteiger partial charge in [-0.15, -0.1) is 5.10 Å². The van der Waals surface area contributed by atoms with Crippen LogP contribution in [0.5, 0.6) is 0 Å². The van der Waals surface area contributed by atoms with Gasteiger partial charge in [0.2, 0.25) is 0 Å². The number of amides is 1. The Bertz CT molecular complexity index is 736. The third-order valence-electron chi connectivity index (χ3n) is 5.62. The van der Waals surface area contributed by atoms with Gasteiger partial charge in [0.05, 0.1) is 6.04 Å². The van der Waals surface area contributed by atoms with Crippen molar-refractivity contribution in [1.82, 2.24) is 35.0 Å². The van der Waals surface area contributed by atoms with Crippen LogP contribution in [0.4, 0.5) is 0 Å². The molecule has 2 aromatic rings. The molecule has 134 valence electrons. The summed E-state index contributed by atoms with van der Waals surface area (Å²) in [5, 5.41) is 12.6. The van der Waals surface area contributed by atoms with Crippen molar-refractivity contribution in [3.63, 3.8) is 0 Å². The van der Waals surface area contributed by atoms with Gasteiger partial charge in [-0.3, -0.25) is 9.69 Å². The number of likely N-dealkylation sites (tertiary alicyclic amines) is 1. The molecule has 25 heavy (non-hydrogen) atoms. The minimum atomic E-state index is -0.383. The number of carbonyl (C=O) groups excluding carboxylic acids is 1. The highest BCUT2D eigenvalue weighted by molar-refractivity contribution is 5.92. The molecule has 0 bridgehead atoms. The molecule has 0 spiro atoms. The Kier molecular flexibility index (Phi) is 4.03. The van der Waals surface area contributed by atoms with Gasteiger partial charge in [0.25, 0.3) is 5.91 Å². The largest absolute Gasteiger partial charge is 0.451 e. The topological polar surface area (TPSA) is 93.2 Å². The number of likely N-dealkylation sites (N-methyl/N-ethyl adjacent to an activating group) is 1. The highest BCUT2D eigenvalue weighted by atomic mass is 16.3. The molecule has 1 aliphatic carbocycles. The minimum Gasteiger partial charge on any atom is -0.451 e. The predicted octanol–water partition coefficient (Wildman–Crippen LogP) is 1.08. The molecule has 2 aromatic heterocycles. The van der Waals surface area contributed by atoms with Crippen molar-refractivity contribution >= 4 is 5.91 Å². The van der Waals surface area contributed by atoms with Gasteiger partial charge in [-0.2, -0.15) is 0 Å². The van der Waals surface area contributed by atoms with Crippen LogP contribution in [-0.4, -0.2) is 68.1 Å². The van der Waals surface area contributed by atoms with Gasteiger partial charge in [-0.1, -0.05) is 12.8 Å². The van der Waals surface area contributed by atoms with Crippen LogP contribution in [0, 0.1) is 0 Å². The first kappa shape index (κ1) is 16.2. The summed E-state index contributed by atoms with van der Waals surface area (Å²) in [6.07, 6.45) is 8.12. The fourth-order valence-electron chi connectivity index (χ4n) is 4.09. The van der Waals surface area contributed by atoms with Crippen molar-refractivity contribution in [1.29, 1.82) is 0 Å². The molecular weight excluding hydrogens is 322 g/mol. The molecule has 1 amide bonds. The molecule has 0 aromatic carbocycles. The zero-order chi connectivity index (χ0) is 17.4. The summed E-state index contributed by atoms with van der Waals surface area (Å²) < 4.78 is 6.95. The highest BCUT2D eigenvalue weighted by Crippen LogP contribution is 2.38. The third kappa shape index (κ3) is 2.62. The maximum Gasteiger partial charge on any atom is 0.275 e. The lowest BCUT2D eigenvalue weighted by atomic mass is 9.95. The molecule has 0 N–H and O–H groups in total. The molecule has 2 aliphatic rings. The van der Waals surface area contributed by atoms with E-state index in [-0.39, 0.29) is 11.4 Å². The van der Waals surface area contributed by atoms with Crippen molar-refractivity contribution in [2.75, 3.05) is 27.2 Å². The molecule has 9 nitrogen and oxygen atoms in total. The second kappa shape index (κ2) is 6.21. The lowest BCUT2D eigenvalue weighted by molar-refractivity contribution is 0.0732. The van der Waals surface area contributed by atoms with Crippen molar-refractivity contribution < 1.29 is 9.21 Å². The van der Waals surface area contributed by atoms with E-state index in [4.69, 9.17) is 4.42 Å². The normalized spacial score (nSPS) is 24.5. The van der Waals surface area contributed by atoms with E-state index >= 15 is 0 Å². The molecule has 1 atom stereocenters. The molecule has 1 saturated heterocycles. The van der Waals surface area contributed by atoms with E-state index in [1.807, 2.05) is 23.7 Å². The molecule has 1 saturated carbocycles. The number of hydrogen-bond acceptors (Lipinski definition) is 7. The molecule has 9 heteroatoms. The maximum absolute atomic E-state index is 12.7. The van der Waals surface area contributed by atoms with Crippen molar-refractivity contribution in [3.05, 3.63) is 24.2 Å². The molecule has 1 unspecified atom stereocenters. The Morgan fingerprint density at radius 1 is 1.36 bits per heavy atom. The number of hydrogen-bond donors (Lipinski definition) is 0. The Balaban J connectivity index is 1.64. The molecule has 4 rings (SSSR count). The van der Waals surface area contributed by atoms with Gasteiger partial charge in [0, 0.05) is 13.1 Å². The summed E-state index contributed by atoms with van der Waals surface area (Å²) in [6.45, 7) is 1.18. The zero-order valence-electron chi connectivity index (χ0n) is 14.6. The third-order valence-corrected chi connectivity index (χ3v) is 5.62. The number of nitrogens with zero attached hydrogens (tertiary/aromatic N) is 7. The van der Waals surface area contributed by atoms with Crippen LogP contribution in [0.25, 0.3) is 0 Å². The number of rotatable bonds is 4. The summed E-state index contributed by atoms with van der Waals surface area (Å²) in [7, 11) is 4.05. The Morgan fingerprint density at radius 3 is 2.84 bits per heavy atom. The summed E-state index contributed by atoms with van der Waals surface area (Å²) in [4.78, 5) is 20.6. The average Bonchev–Trinajstić information content (AvgIpc) is 3.42. The summed E-state index contributed by atoms with van der Waals surface area (Å²) in [5.74, 6) is 0.747. The Hall–Kier alpha value is -2.29. The first-order valence-electron chi connectivity index (χ1n) is 8.75. The van der Waals surface area contributed by atoms with E-state index in [1.54, 1.807) is 0 Å². The van der Waals surface area contributed by atoms with E-state index in [0.29, 0.717) is 24.8 Å². The van der Waals surface area contributed by atoms with Gasteiger partial charge < -0.3 is 9.32 Å². The van der Waals surface area contributed by atoms with Crippen molar-refractivity contribution in [2.24, 2.45) is 0 Å². The fourth-order valence-corrected chi connectivity index (χ4v) is 4.09. The highest BCUT2D eigenvalue weighted by Gasteiger charge is 2.48. The van der Waals surface area contributed by atoms with E-state index in [2.05, 4.69) is 25.4 Å². The number of carbonyl (C=O) groups is 1. The van der Waals surface area contributed by atoms with Crippen molar-refractivity contribution in [2.45, 2.75) is 43.7 Å². The molecule has 1 aliphatic heterocycles. The van der Waals surface area contributed by atoms with Crippen LogP contribution < -0.4 is 0 Å². The summed E-state index contributed by atoms with van der Waals surface area (Å²) in [5.41, 5.74) is -0.0455. The smallest absolute Gasteiger partial charge is 0.275 e. The first-order valence-corrected chi connectivity index (χ1v) is 8.75. The van der Waals surface area contributed by atoms with E-state index in [1.165, 1.54) is 25.5 Å². The van der Waals surface area contributed by atoms with Crippen LogP contribution >= 0.6 is 0 Å². The number of aromatic nitrogens is 5. The Labute approximate surface area is 146 Å². The molecule has 3 heterocycles. The lowest BCUT2D eigenvalue weighted by Gasteiger charge is -2.35. The quantitative estimate of drug-likeness (QED) is 0.818. The molecule has 0 radical (unpaired) electrons. The van der Waals surface area contributed by atoms with Crippen LogP contribution in [0.1, 0.15) is 54.5 Å². The maximum atomic E-state index is 12.7. The van der Waals surface area contributed by atoms with Gasteiger partial charge in [-0.05, 0) is 43.8 Å². The van der Waals surface area contributed by atoms with Gasteiger partial charge in [0.1, 0.15) is 11.8 Å². The first-order chi connectivity index (χ1) is 12.1. The predicted molar refractivity (Wildman–Crippen MR) is 87.7 cm³/mol. The fraction of sp³-hybridized carbons (Fsp3) is 0.688. The molecule has 2 fully saturated rings. The SMILES string of the molecule is CN(C)C1(c2nnnn2C2CCCC2)CCN(C(=O)c2cocn2)C1. The standard InChI is InChI=1S/C16H23N7O2/c1-21(2)16(15-18-19-20-23(15)12-5-3-4-6-12)7-8-22(10-16)14(24)13-9-25-11-17-13/h9,11-12H,3-8,10H2,1-2H3. The zero-order valence-corrected chi connectivity index (χ0v) is 14.6. The monoisotopic (exact) mass is 345 g/mol. The number of oxazole rings is 1. The van der Waals surface area contributed by atoms with E-state index < -0.39 is 0 Å². The lowest BCUT2D eigenvalue weighted by Crippen LogP contribution is -2.47. The van der Waals surface area contributed by atoms with Crippen LogP contribution in [0.3, 0.4) is 0 Å². The van der Waals surface area contributed by atoms with Crippen LogP contribution in [-0.2, 0) is 5.54 Å². The molecular formula is C16H23N7O2. The second-order valence-electron chi connectivity index (χ2n) is 7.16. The van der Waals surface area contributed by atoms with Crippen LogP contribution in [0.15, 0.2) is 17.1 Å². The summed E-state index contributed by atoms with van der Waals surface area (Å²) in [6, 6.07) is 0.363.